The van der Waals surface area contributed by atoms with Gasteiger partial charge in [-0.05, 0) is 53.5 Å². The second-order valence-electron chi connectivity index (χ2n) is 3.39. The van der Waals surface area contributed by atoms with E-state index in [1.807, 2.05) is 24.4 Å². The van der Waals surface area contributed by atoms with Gasteiger partial charge in [0.2, 0.25) is 0 Å². The van der Waals surface area contributed by atoms with Gasteiger partial charge in [0.15, 0.2) is 0 Å². The molecule has 0 saturated heterocycles. The van der Waals surface area contributed by atoms with Gasteiger partial charge in [0.25, 0.3) is 0 Å². The highest BCUT2D eigenvalue weighted by molar-refractivity contribution is 9.10. The van der Waals surface area contributed by atoms with Gasteiger partial charge in [0.05, 0.1) is 6.61 Å². The fourth-order valence-electron chi connectivity index (χ4n) is 1.49. The summed E-state index contributed by atoms with van der Waals surface area (Å²) in [5, 5.41) is 3.01. The second-order valence-corrected chi connectivity index (χ2v) is 5.06. The van der Waals surface area contributed by atoms with Crippen molar-refractivity contribution in [2.24, 2.45) is 0 Å². The number of rotatable bonds is 3. The summed E-state index contributed by atoms with van der Waals surface area (Å²) in [5.41, 5.74) is 2.28. The van der Waals surface area contributed by atoms with Crippen molar-refractivity contribution in [3.63, 3.8) is 0 Å². The molecule has 2 rings (SSSR count). The van der Waals surface area contributed by atoms with Crippen molar-refractivity contribution in [1.82, 2.24) is 4.98 Å². The van der Waals surface area contributed by atoms with Crippen molar-refractivity contribution < 1.29 is 4.74 Å². The number of thiazole rings is 1. The van der Waals surface area contributed by atoms with E-state index in [4.69, 9.17) is 4.74 Å². The molecule has 2 aromatic rings. The Balaban J connectivity index is 2.34. The summed E-state index contributed by atoms with van der Waals surface area (Å²) < 4.78 is 6.39. The van der Waals surface area contributed by atoms with E-state index in [1.165, 1.54) is 0 Å². The number of halogens is 1. The van der Waals surface area contributed by atoms with Crippen LogP contribution in [0.3, 0.4) is 0 Å². The smallest absolute Gasteiger partial charge is 0.124 e. The van der Waals surface area contributed by atoms with Gasteiger partial charge in [0, 0.05) is 10.9 Å². The third-order valence-electron chi connectivity index (χ3n) is 2.20. The Kier molecular flexibility index (Phi) is 3.61. The first-order valence-electron chi connectivity index (χ1n) is 5.05. The number of aromatic nitrogens is 1. The molecule has 0 radical (unpaired) electrons. The fourth-order valence-corrected chi connectivity index (χ4v) is 2.74. The Morgan fingerprint density at radius 1 is 1.44 bits per heavy atom. The average molecular weight is 298 g/mol. The molecule has 1 aromatic heterocycles. The monoisotopic (exact) mass is 297 g/mol. The third kappa shape index (κ3) is 2.44. The topological polar surface area (TPSA) is 22.1 Å². The van der Waals surface area contributed by atoms with Gasteiger partial charge >= 0.3 is 0 Å². The van der Waals surface area contributed by atoms with Gasteiger partial charge in [0.1, 0.15) is 15.4 Å². The maximum Gasteiger partial charge on any atom is 0.124 e. The van der Waals surface area contributed by atoms with Crippen LogP contribution in [0.25, 0.3) is 10.6 Å². The van der Waals surface area contributed by atoms with E-state index >= 15 is 0 Å². The summed E-state index contributed by atoms with van der Waals surface area (Å²) in [6, 6.07) is 6.16. The van der Waals surface area contributed by atoms with E-state index in [0.29, 0.717) is 6.61 Å². The van der Waals surface area contributed by atoms with Gasteiger partial charge in [-0.1, -0.05) is 0 Å². The van der Waals surface area contributed by atoms with Gasteiger partial charge < -0.3 is 4.74 Å². The average Bonchev–Trinajstić information content (AvgIpc) is 2.68. The minimum atomic E-state index is 0.697. The molecule has 0 aliphatic rings. The fraction of sp³-hybridized carbons (Fsp3) is 0.250. The summed E-state index contributed by atoms with van der Waals surface area (Å²) in [5.74, 6) is 0.946. The predicted octanol–water partition coefficient (Wildman–Crippen LogP) is 4.28. The molecule has 0 atom stereocenters. The zero-order valence-electron chi connectivity index (χ0n) is 9.16. The van der Waals surface area contributed by atoms with Crippen LogP contribution in [0, 0.1) is 6.92 Å². The van der Waals surface area contributed by atoms with Crippen LogP contribution in [0.4, 0.5) is 0 Å². The van der Waals surface area contributed by atoms with E-state index < -0.39 is 0 Å². The number of benzene rings is 1. The molecule has 0 N–H and O–H groups in total. The van der Waals surface area contributed by atoms with Crippen molar-refractivity contribution in [3.8, 4) is 16.3 Å². The molecule has 0 fully saturated rings. The first kappa shape index (κ1) is 11.6. The van der Waals surface area contributed by atoms with Crippen LogP contribution in [0.2, 0.25) is 0 Å². The van der Waals surface area contributed by atoms with Gasteiger partial charge in [-0.25, -0.2) is 4.98 Å². The zero-order chi connectivity index (χ0) is 11.5. The molecule has 0 aliphatic heterocycles. The number of ether oxygens (including phenoxy) is 1. The quantitative estimate of drug-likeness (QED) is 0.843. The van der Waals surface area contributed by atoms with Crippen molar-refractivity contribution in [2.45, 2.75) is 13.8 Å². The molecule has 1 heterocycles. The molecule has 84 valence electrons. The Morgan fingerprint density at radius 3 is 2.81 bits per heavy atom. The van der Waals surface area contributed by atoms with Crippen LogP contribution < -0.4 is 4.74 Å². The van der Waals surface area contributed by atoms with E-state index in [1.54, 1.807) is 11.3 Å². The van der Waals surface area contributed by atoms with Crippen LogP contribution in [-0.2, 0) is 0 Å². The lowest BCUT2D eigenvalue weighted by Crippen LogP contribution is -1.93. The normalized spacial score (nSPS) is 10.4. The van der Waals surface area contributed by atoms with E-state index in [0.717, 1.165) is 26.5 Å². The van der Waals surface area contributed by atoms with Crippen LogP contribution in [0.15, 0.2) is 28.2 Å². The van der Waals surface area contributed by atoms with E-state index in [2.05, 4.69) is 33.9 Å². The van der Waals surface area contributed by atoms with Crippen LogP contribution in [0.5, 0.6) is 5.75 Å². The summed E-state index contributed by atoms with van der Waals surface area (Å²) in [4.78, 5) is 4.39. The number of hydrogen-bond donors (Lipinski definition) is 0. The lowest BCUT2D eigenvalue weighted by Gasteiger charge is -2.07. The summed E-state index contributed by atoms with van der Waals surface area (Å²) in [7, 11) is 0. The molecule has 0 spiro atoms. The maximum atomic E-state index is 5.51. The Hall–Kier alpha value is -0.870. The van der Waals surface area contributed by atoms with Crippen molar-refractivity contribution in [1.29, 1.82) is 0 Å². The molecule has 0 bridgehead atoms. The van der Waals surface area contributed by atoms with Crippen LogP contribution in [0.1, 0.15) is 12.5 Å². The number of hydrogen-bond acceptors (Lipinski definition) is 3. The first-order valence-corrected chi connectivity index (χ1v) is 6.73. The Morgan fingerprint density at radius 2 is 2.25 bits per heavy atom. The minimum absolute atomic E-state index is 0.697. The van der Waals surface area contributed by atoms with Crippen LogP contribution >= 0.6 is 27.3 Å². The highest BCUT2D eigenvalue weighted by Gasteiger charge is 2.06. The molecule has 0 saturated carbocycles. The molecule has 0 amide bonds. The van der Waals surface area contributed by atoms with Gasteiger partial charge in [-0.15, -0.1) is 11.3 Å². The SMILES string of the molecule is CCOc1ccc(-c2nc(Br)cs2)cc1C. The second kappa shape index (κ2) is 4.97. The molecular weight excluding hydrogens is 286 g/mol. The first-order chi connectivity index (χ1) is 7.70. The minimum Gasteiger partial charge on any atom is -0.494 e. The maximum absolute atomic E-state index is 5.51. The summed E-state index contributed by atoms with van der Waals surface area (Å²) in [6.07, 6.45) is 0. The van der Waals surface area contributed by atoms with Gasteiger partial charge in [-0.3, -0.25) is 0 Å². The number of nitrogens with zero attached hydrogens (tertiary/aromatic N) is 1. The Labute approximate surface area is 107 Å². The number of aryl methyl sites for hydroxylation is 1. The third-order valence-corrected chi connectivity index (χ3v) is 3.80. The van der Waals surface area contributed by atoms with Crippen LogP contribution in [-0.4, -0.2) is 11.6 Å². The lowest BCUT2D eigenvalue weighted by atomic mass is 10.1. The zero-order valence-corrected chi connectivity index (χ0v) is 11.6. The standard InChI is InChI=1S/C12H12BrNOS/c1-3-15-10-5-4-9(6-8(10)2)12-14-11(13)7-16-12/h4-7H,3H2,1-2H3. The molecule has 4 heteroatoms. The largest absolute Gasteiger partial charge is 0.494 e. The van der Waals surface area contributed by atoms with Crippen molar-refractivity contribution >= 4 is 27.3 Å². The summed E-state index contributed by atoms with van der Waals surface area (Å²) >= 11 is 4.99. The van der Waals surface area contributed by atoms with Gasteiger partial charge in [-0.2, -0.15) is 0 Å². The molecule has 0 unspecified atom stereocenters. The van der Waals surface area contributed by atoms with Crippen molar-refractivity contribution in [3.05, 3.63) is 33.7 Å². The molecular formula is C12H12BrNOS. The van der Waals surface area contributed by atoms with E-state index in [9.17, 15) is 0 Å². The highest BCUT2D eigenvalue weighted by Crippen LogP contribution is 2.29. The van der Waals surface area contributed by atoms with Crippen molar-refractivity contribution in [2.75, 3.05) is 6.61 Å². The molecule has 0 aliphatic carbocycles. The van der Waals surface area contributed by atoms with E-state index in [-0.39, 0.29) is 0 Å². The lowest BCUT2D eigenvalue weighted by molar-refractivity contribution is 0.338. The molecule has 16 heavy (non-hydrogen) atoms. The Bertz CT molecular complexity index is 496. The molecule has 2 nitrogen and oxygen atoms in total. The highest BCUT2D eigenvalue weighted by atomic mass is 79.9. The molecule has 1 aromatic carbocycles. The summed E-state index contributed by atoms with van der Waals surface area (Å²) in [6.45, 7) is 4.74. The predicted molar refractivity (Wildman–Crippen MR) is 71.2 cm³/mol.